The normalized spacial score (nSPS) is 9.82. The number of nitriles is 1. The minimum Gasteiger partial charge on any atom is -0.348 e. The third-order valence-electron chi connectivity index (χ3n) is 2.56. The van der Waals surface area contributed by atoms with Gasteiger partial charge in [0.1, 0.15) is 0 Å². The summed E-state index contributed by atoms with van der Waals surface area (Å²) in [4.78, 5) is 8.73. The van der Waals surface area contributed by atoms with Gasteiger partial charge in [0.15, 0.2) is 6.19 Å². The highest BCUT2D eigenvalue weighted by Gasteiger charge is 2.04. The van der Waals surface area contributed by atoms with Crippen molar-refractivity contribution in [1.29, 1.82) is 5.26 Å². The van der Waals surface area contributed by atoms with E-state index in [1.54, 1.807) is 17.4 Å². The molecule has 1 aromatic heterocycles. The van der Waals surface area contributed by atoms with E-state index in [2.05, 4.69) is 16.2 Å². The zero-order chi connectivity index (χ0) is 11.9. The monoisotopic (exact) mass is 226 g/mol. The zero-order valence-electron chi connectivity index (χ0n) is 9.50. The summed E-state index contributed by atoms with van der Waals surface area (Å²) in [7, 11) is 0. The first kappa shape index (κ1) is 11.2. The molecule has 0 radical (unpaired) electrons. The maximum absolute atomic E-state index is 9.07. The van der Waals surface area contributed by atoms with Crippen molar-refractivity contribution in [3.8, 4) is 6.19 Å². The fraction of sp³-hybridized carbons (Fsp3) is 0.231. The molecule has 0 fully saturated rings. The molecule has 0 saturated carbocycles. The SMILES string of the molecule is N#CN(CCc1cnc[nH]1)Cc1ccccc1. The standard InChI is InChI=1S/C13H14N4/c14-10-17(7-6-13-8-15-11-16-13)9-12-4-2-1-3-5-12/h1-5,8,11H,6-7,9H2,(H,15,16). The van der Waals surface area contributed by atoms with Crippen molar-refractivity contribution in [2.45, 2.75) is 13.0 Å². The predicted molar refractivity (Wildman–Crippen MR) is 64.8 cm³/mol. The fourth-order valence-corrected chi connectivity index (χ4v) is 1.65. The Balaban J connectivity index is 1.88. The Morgan fingerprint density at radius 3 is 2.76 bits per heavy atom. The first-order chi connectivity index (χ1) is 8.38. The Hall–Kier alpha value is -2.28. The number of H-pyrrole nitrogens is 1. The number of hydrogen-bond acceptors (Lipinski definition) is 3. The number of benzene rings is 1. The highest BCUT2D eigenvalue weighted by atomic mass is 15.1. The summed E-state index contributed by atoms with van der Waals surface area (Å²) in [6.45, 7) is 1.36. The number of imidazole rings is 1. The first-order valence-corrected chi connectivity index (χ1v) is 5.54. The van der Waals surface area contributed by atoms with Crippen LogP contribution >= 0.6 is 0 Å². The molecule has 0 bridgehead atoms. The van der Waals surface area contributed by atoms with Crippen molar-refractivity contribution < 1.29 is 0 Å². The van der Waals surface area contributed by atoms with Crippen LogP contribution in [0.3, 0.4) is 0 Å². The Labute approximate surface area is 101 Å². The number of rotatable bonds is 5. The Morgan fingerprint density at radius 1 is 1.29 bits per heavy atom. The van der Waals surface area contributed by atoms with E-state index in [0.29, 0.717) is 13.1 Å². The second-order valence-electron chi connectivity index (χ2n) is 3.83. The van der Waals surface area contributed by atoms with Crippen molar-refractivity contribution in [2.75, 3.05) is 6.54 Å². The van der Waals surface area contributed by atoms with Gasteiger partial charge >= 0.3 is 0 Å². The molecule has 1 heterocycles. The Morgan fingerprint density at radius 2 is 2.12 bits per heavy atom. The van der Waals surface area contributed by atoms with Gasteiger partial charge < -0.3 is 9.88 Å². The van der Waals surface area contributed by atoms with Crippen molar-refractivity contribution in [3.63, 3.8) is 0 Å². The molecule has 86 valence electrons. The van der Waals surface area contributed by atoms with Gasteiger partial charge in [-0.1, -0.05) is 30.3 Å². The van der Waals surface area contributed by atoms with Crippen molar-refractivity contribution >= 4 is 0 Å². The quantitative estimate of drug-likeness (QED) is 0.626. The highest BCUT2D eigenvalue weighted by Crippen LogP contribution is 2.04. The lowest BCUT2D eigenvalue weighted by atomic mass is 10.2. The molecule has 0 amide bonds. The molecule has 0 spiro atoms. The number of aromatic amines is 1. The summed E-state index contributed by atoms with van der Waals surface area (Å²) >= 11 is 0. The topological polar surface area (TPSA) is 55.7 Å². The van der Waals surface area contributed by atoms with E-state index in [9.17, 15) is 0 Å². The lowest BCUT2D eigenvalue weighted by Gasteiger charge is -2.14. The summed E-state index contributed by atoms with van der Waals surface area (Å²) < 4.78 is 0. The maximum Gasteiger partial charge on any atom is 0.179 e. The van der Waals surface area contributed by atoms with E-state index in [-0.39, 0.29) is 0 Å². The van der Waals surface area contributed by atoms with Crippen LogP contribution < -0.4 is 0 Å². The van der Waals surface area contributed by atoms with Crippen LogP contribution in [0, 0.1) is 11.5 Å². The van der Waals surface area contributed by atoms with Gasteiger partial charge in [-0.15, -0.1) is 0 Å². The molecule has 0 aliphatic carbocycles. The summed E-state index contributed by atoms with van der Waals surface area (Å²) in [5.74, 6) is 0. The minimum absolute atomic E-state index is 0.658. The van der Waals surface area contributed by atoms with Crippen LogP contribution in [-0.2, 0) is 13.0 Å². The van der Waals surface area contributed by atoms with Gasteiger partial charge in [-0.3, -0.25) is 0 Å². The van der Waals surface area contributed by atoms with E-state index >= 15 is 0 Å². The minimum atomic E-state index is 0.658. The van der Waals surface area contributed by atoms with Crippen LogP contribution in [0.2, 0.25) is 0 Å². The highest BCUT2D eigenvalue weighted by molar-refractivity contribution is 5.15. The molecule has 2 rings (SSSR count). The molecule has 0 saturated heterocycles. The van der Waals surface area contributed by atoms with E-state index in [4.69, 9.17) is 5.26 Å². The van der Waals surface area contributed by atoms with E-state index in [1.807, 2.05) is 30.3 Å². The van der Waals surface area contributed by atoms with Crippen molar-refractivity contribution in [3.05, 3.63) is 54.1 Å². The van der Waals surface area contributed by atoms with Gasteiger partial charge in [-0.05, 0) is 5.56 Å². The van der Waals surface area contributed by atoms with Crippen LogP contribution in [0.1, 0.15) is 11.3 Å². The maximum atomic E-state index is 9.07. The molecule has 4 nitrogen and oxygen atoms in total. The van der Waals surface area contributed by atoms with Crippen LogP contribution in [-0.4, -0.2) is 21.4 Å². The van der Waals surface area contributed by atoms with Crippen molar-refractivity contribution in [1.82, 2.24) is 14.9 Å². The van der Waals surface area contributed by atoms with Crippen LogP contribution in [0.25, 0.3) is 0 Å². The number of nitrogens with zero attached hydrogens (tertiary/aromatic N) is 3. The second-order valence-corrected chi connectivity index (χ2v) is 3.83. The summed E-state index contributed by atoms with van der Waals surface area (Å²) in [5.41, 5.74) is 2.21. The van der Waals surface area contributed by atoms with Gasteiger partial charge in [0.2, 0.25) is 0 Å². The Bertz CT molecular complexity index is 470. The smallest absolute Gasteiger partial charge is 0.179 e. The molecule has 1 aromatic carbocycles. The van der Waals surface area contributed by atoms with Gasteiger partial charge in [-0.2, -0.15) is 5.26 Å². The molecular formula is C13H14N4. The number of nitrogens with one attached hydrogen (secondary N) is 1. The van der Waals surface area contributed by atoms with Gasteiger partial charge in [0.05, 0.1) is 12.9 Å². The summed E-state index contributed by atoms with van der Waals surface area (Å²) in [6, 6.07) is 10.0. The van der Waals surface area contributed by atoms with Crippen LogP contribution in [0.15, 0.2) is 42.9 Å². The van der Waals surface area contributed by atoms with E-state index in [0.717, 1.165) is 17.7 Å². The van der Waals surface area contributed by atoms with Gasteiger partial charge in [0, 0.05) is 24.9 Å². The molecule has 0 aliphatic rings. The molecule has 2 aromatic rings. The van der Waals surface area contributed by atoms with E-state index in [1.165, 1.54) is 0 Å². The van der Waals surface area contributed by atoms with Gasteiger partial charge in [-0.25, -0.2) is 4.98 Å². The zero-order valence-corrected chi connectivity index (χ0v) is 9.50. The lowest BCUT2D eigenvalue weighted by molar-refractivity contribution is 0.388. The second kappa shape index (κ2) is 5.71. The molecule has 1 N–H and O–H groups in total. The van der Waals surface area contributed by atoms with E-state index < -0.39 is 0 Å². The fourth-order valence-electron chi connectivity index (χ4n) is 1.65. The molecule has 4 heteroatoms. The first-order valence-electron chi connectivity index (χ1n) is 5.54. The molecule has 17 heavy (non-hydrogen) atoms. The summed E-state index contributed by atoms with van der Waals surface area (Å²) in [5, 5.41) is 9.07. The number of hydrogen-bond donors (Lipinski definition) is 1. The summed E-state index contributed by atoms with van der Waals surface area (Å²) in [6.07, 6.45) is 6.46. The predicted octanol–water partition coefficient (Wildman–Crippen LogP) is 1.94. The van der Waals surface area contributed by atoms with Crippen LogP contribution in [0.5, 0.6) is 0 Å². The third kappa shape index (κ3) is 3.35. The lowest BCUT2D eigenvalue weighted by Crippen LogP contribution is -2.20. The number of aromatic nitrogens is 2. The molecular weight excluding hydrogens is 212 g/mol. The average molecular weight is 226 g/mol. The molecule has 0 unspecified atom stereocenters. The Kier molecular flexibility index (Phi) is 3.77. The third-order valence-corrected chi connectivity index (χ3v) is 2.56. The largest absolute Gasteiger partial charge is 0.348 e. The molecule has 0 aliphatic heterocycles. The van der Waals surface area contributed by atoms with Crippen LogP contribution in [0.4, 0.5) is 0 Å². The van der Waals surface area contributed by atoms with Gasteiger partial charge in [0.25, 0.3) is 0 Å². The average Bonchev–Trinajstić information content (AvgIpc) is 2.89. The van der Waals surface area contributed by atoms with Crippen molar-refractivity contribution in [2.24, 2.45) is 0 Å². The molecule has 0 atom stereocenters.